The highest BCUT2D eigenvalue weighted by Crippen LogP contribution is 2.48. The van der Waals surface area contributed by atoms with E-state index in [9.17, 15) is 0 Å². The van der Waals surface area contributed by atoms with Crippen LogP contribution in [0.2, 0.25) is 0 Å². The van der Waals surface area contributed by atoms with Crippen molar-refractivity contribution >= 4 is 123 Å². The van der Waals surface area contributed by atoms with E-state index in [4.69, 9.17) is 18.3 Å². The summed E-state index contributed by atoms with van der Waals surface area (Å²) in [5, 5.41) is 8.58. The maximum absolute atomic E-state index is 7.07. The minimum absolute atomic E-state index is 0.217. The Bertz CT molecular complexity index is 4050. The van der Waals surface area contributed by atoms with E-state index in [0.29, 0.717) is 0 Å². The van der Waals surface area contributed by atoms with Crippen LogP contribution in [0.3, 0.4) is 0 Å². The Labute approximate surface area is 421 Å². The highest BCUT2D eigenvalue weighted by Gasteiger charge is 2.41. The number of ether oxygens (including phenoxy) is 2. The molecule has 0 spiro atoms. The second-order valence-corrected chi connectivity index (χ2v) is 19.9. The molecule has 0 radical (unpaired) electrons. The van der Waals surface area contributed by atoms with Gasteiger partial charge in [0.25, 0.3) is 6.71 Å². The molecule has 0 aliphatic carbocycles. The summed E-state index contributed by atoms with van der Waals surface area (Å²) in [5.41, 5.74) is 17.4. The van der Waals surface area contributed by atoms with Crippen molar-refractivity contribution in [2.45, 2.75) is 27.7 Å². The zero-order valence-corrected chi connectivity index (χ0v) is 40.7. The molecular formula is C66H45BN2O4. The molecule has 2 aliphatic heterocycles. The van der Waals surface area contributed by atoms with Crippen molar-refractivity contribution in [3.8, 4) is 23.0 Å². The highest BCUT2D eigenvalue weighted by atomic mass is 16.5. The average molecular weight is 941 g/mol. The first-order valence-electron chi connectivity index (χ1n) is 25.0. The number of anilines is 6. The summed E-state index contributed by atoms with van der Waals surface area (Å²) in [6, 6.07) is 71.6. The van der Waals surface area contributed by atoms with Crippen LogP contribution in [0.25, 0.3) is 65.4 Å². The molecule has 7 heteroatoms. The molecule has 0 saturated heterocycles. The van der Waals surface area contributed by atoms with E-state index in [2.05, 4.69) is 232 Å². The van der Waals surface area contributed by atoms with Gasteiger partial charge < -0.3 is 28.1 Å². The predicted octanol–water partition coefficient (Wildman–Crippen LogP) is 16.7. The van der Waals surface area contributed by atoms with Gasteiger partial charge in [-0.15, -0.1) is 0 Å². The van der Waals surface area contributed by atoms with E-state index in [0.717, 1.165) is 139 Å². The molecule has 13 aromatic rings. The van der Waals surface area contributed by atoms with Gasteiger partial charge in [-0.1, -0.05) is 125 Å². The van der Waals surface area contributed by atoms with Gasteiger partial charge in [-0.05, 0) is 134 Å². The molecule has 0 fully saturated rings. The number of fused-ring (bicyclic) bond motifs is 14. The standard InChI is InChI=1S/C66H45BN2O4/c1-38-16-24-42(25-17-38)68(43-26-18-39(2)19-27-43)54-36-62-64(48-12-7-5-10-46(48)54)50-32-60-52(34-58(50)72-62)67-53-35-59-51(33-61(53)71-57-15-9-14-56(70-60)66(57)67)65-49-13-8-6-11-47(49)55(37-63(65)73-59)69(44-28-20-40(3)21-29-44)45-30-22-41(4)23-31-45/h5-37H,1-4H3. The Hall–Kier alpha value is -9.20. The lowest BCUT2D eigenvalue weighted by molar-refractivity contribution is 0.465. The normalized spacial score (nSPS) is 12.6. The molecule has 6 nitrogen and oxygen atoms in total. The van der Waals surface area contributed by atoms with Crippen molar-refractivity contribution in [1.82, 2.24) is 0 Å². The Balaban J connectivity index is 0.921. The zero-order valence-electron chi connectivity index (χ0n) is 40.7. The number of furan rings is 2. The first-order chi connectivity index (χ1) is 35.8. The molecule has 0 atom stereocenters. The van der Waals surface area contributed by atoms with E-state index in [1.165, 1.54) is 22.3 Å². The van der Waals surface area contributed by atoms with Gasteiger partial charge in [-0.2, -0.15) is 0 Å². The summed E-state index contributed by atoms with van der Waals surface area (Å²) >= 11 is 0. The monoisotopic (exact) mass is 940 g/mol. The van der Waals surface area contributed by atoms with Gasteiger partial charge >= 0.3 is 0 Å². The van der Waals surface area contributed by atoms with Gasteiger partial charge in [-0.3, -0.25) is 0 Å². The average Bonchev–Trinajstić information content (AvgIpc) is 3.98. The van der Waals surface area contributed by atoms with Gasteiger partial charge in [0.2, 0.25) is 0 Å². The Morgan fingerprint density at radius 3 is 1.04 bits per heavy atom. The second kappa shape index (κ2) is 15.7. The van der Waals surface area contributed by atoms with Crippen molar-refractivity contribution in [3.63, 3.8) is 0 Å². The summed E-state index contributed by atoms with van der Waals surface area (Å²) in [4.78, 5) is 4.68. The first-order valence-corrected chi connectivity index (χ1v) is 25.0. The van der Waals surface area contributed by atoms with Crippen molar-refractivity contribution in [2.24, 2.45) is 0 Å². The van der Waals surface area contributed by atoms with Crippen LogP contribution in [0.1, 0.15) is 22.3 Å². The quantitative estimate of drug-likeness (QED) is 0.155. The van der Waals surface area contributed by atoms with Crippen molar-refractivity contribution in [3.05, 3.63) is 222 Å². The van der Waals surface area contributed by atoms with Crippen LogP contribution in [-0.4, -0.2) is 6.71 Å². The number of hydrogen-bond acceptors (Lipinski definition) is 6. The third-order valence-corrected chi connectivity index (χ3v) is 15.2. The van der Waals surface area contributed by atoms with Crippen molar-refractivity contribution in [1.29, 1.82) is 0 Å². The zero-order chi connectivity index (χ0) is 48.6. The molecule has 2 aromatic heterocycles. The summed E-state index contributed by atoms with van der Waals surface area (Å²) < 4.78 is 28.0. The summed E-state index contributed by atoms with van der Waals surface area (Å²) in [5.74, 6) is 3.14. The van der Waals surface area contributed by atoms with Crippen molar-refractivity contribution in [2.75, 3.05) is 9.80 Å². The number of aryl methyl sites for hydroxylation is 4. The Morgan fingerprint density at radius 1 is 0.315 bits per heavy atom. The molecule has 15 rings (SSSR count). The maximum atomic E-state index is 7.07. The van der Waals surface area contributed by atoms with Crippen LogP contribution in [0.15, 0.2) is 209 Å². The fourth-order valence-corrected chi connectivity index (χ4v) is 11.7. The molecule has 2 aliphatic rings. The van der Waals surface area contributed by atoms with Gasteiger partial charge in [0.05, 0.1) is 11.4 Å². The number of benzene rings is 11. The van der Waals surface area contributed by atoms with Gasteiger partial charge in [0, 0.05) is 72.7 Å². The molecule has 4 heterocycles. The molecule has 346 valence electrons. The van der Waals surface area contributed by atoms with Crippen LogP contribution >= 0.6 is 0 Å². The molecule has 73 heavy (non-hydrogen) atoms. The first kappa shape index (κ1) is 41.6. The number of nitrogens with zero attached hydrogens (tertiary/aromatic N) is 2. The fraction of sp³-hybridized carbons (Fsp3) is 0.0606. The summed E-state index contributed by atoms with van der Waals surface area (Å²) in [7, 11) is 0. The minimum atomic E-state index is -0.217. The van der Waals surface area contributed by atoms with E-state index < -0.39 is 0 Å². The van der Waals surface area contributed by atoms with E-state index >= 15 is 0 Å². The lowest BCUT2D eigenvalue weighted by Gasteiger charge is -2.32. The molecular weight excluding hydrogens is 896 g/mol. The molecule has 0 saturated carbocycles. The largest absolute Gasteiger partial charge is 0.458 e. The topological polar surface area (TPSA) is 51.2 Å². The lowest BCUT2D eigenvalue weighted by Crippen LogP contribution is -2.57. The Kier molecular flexibility index (Phi) is 8.91. The highest BCUT2D eigenvalue weighted by molar-refractivity contribution is 6.98. The van der Waals surface area contributed by atoms with E-state index in [1.807, 2.05) is 6.07 Å². The lowest BCUT2D eigenvalue weighted by atomic mass is 9.35. The second-order valence-electron chi connectivity index (χ2n) is 19.9. The molecule has 0 amide bonds. The van der Waals surface area contributed by atoms with Gasteiger partial charge in [-0.25, -0.2) is 0 Å². The summed E-state index contributed by atoms with van der Waals surface area (Å²) in [6.45, 7) is 8.29. The van der Waals surface area contributed by atoms with Crippen LogP contribution in [-0.2, 0) is 0 Å². The van der Waals surface area contributed by atoms with Crippen LogP contribution in [0, 0.1) is 27.7 Å². The van der Waals surface area contributed by atoms with Gasteiger partial charge in [0.15, 0.2) is 0 Å². The number of hydrogen-bond donors (Lipinski definition) is 0. The summed E-state index contributed by atoms with van der Waals surface area (Å²) in [6.07, 6.45) is 0. The van der Waals surface area contributed by atoms with Crippen LogP contribution < -0.4 is 35.7 Å². The van der Waals surface area contributed by atoms with Crippen LogP contribution in [0.4, 0.5) is 34.1 Å². The molecule has 0 unspecified atom stereocenters. The van der Waals surface area contributed by atoms with E-state index in [-0.39, 0.29) is 6.71 Å². The Morgan fingerprint density at radius 2 is 0.671 bits per heavy atom. The van der Waals surface area contributed by atoms with Gasteiger partial charge in [0.1, 0.15) is 45.3 Å². The number of rotatable bonds is 6. The van der Waals surface area contributed by atoms with Crippen LogP contribution in [0.5, 0.6) is 23.0 Å². The third kappa shape index (κ3) is 6.38. The minimum Gasteiger partial charge on any atom is -0.458 e. The van der Waals surface area contributed by atoms with Crippen molar-refractivity contribution < 1.29 is 18.3 Å². The molecule has 0 N–H and O–H groups in total. The molecule has 11 aromatic carbocycles. The molecule has 0 bridgehead atoms. The SMILES string of the molecule is Cc1ccc(N(c2ccc(C)cc2)c2cc3oc4cc5c(cc4c3c3ccccc23)Oc2cccc3c2B5c2cc4oc5cc(N(c6ccc(C)cc6)c6ccc(C)cc6)c6ccccc6c5c4cc2O3)cc1. The third-order valence-electron chi connectivity index (χ3n) is 15.2. The van der Waals surface area contributed by atoms with E-state index in [1.54, 1.807) is 0 Å². The maximum Gasteiger partial charge on any atom is 0.261 e. The predicted molar refractivity (Wildman–Crippen MR) is 302 cm³/mol. The smallest absolute Gasteiger partial charge is 0.261 e. The fourth-order valence-electron chi connectivity index (χ4n) is 11.7.